The number of nitrogens with two attached hydrogens (primary N) is 1. The average molecular weight is 521 g/mol. The molecule has 0 saturated carbocycles. The number of nitrogens with one attached hydrogen (secondary N) is 1. The Morgan fingerprint density at radius 1 is 1.22 bits per heavy atom. The lowest BCUT2D eigenvalue weighted by atomic mass is 10.0. The minimum absolute atomic E-state index is 0.0904. The quantitative estimate of drug-likeness (QED) is 0.384. The number of carbonyl (C=O) groups excluding carboxylic acids is 1. The molecule has 0 aliphatic carbocycles. The number of ether oxygens (including phenoxy) is 1. The van der Waals surface area contributed by atoms with E-state index in [1.54, 1.807) is 41.2 Å². The molecule has 190 valence electrons. The number of fused-ring (bicyclic) bond motifs is 2. The molecule has 0 fully saturated rings. The lowest BCUT2D eigenvalue weighted by Gasteiger charge is -2.27. The van der Waals surface area contributed by atoms with Gasteiger partial charge in [0, 0.05) is 11.8 Å². The molecule has 3 aromatic heterocycles. The number of carbonyl (C=O) groups is 1. The maximum Gasteiger partial charge on any atom is 0.259 e. The predicted molar refractivity (Wildman–Crippen MR) is 136 cm³/mol. The van der Waals surface area contributed by atoms with Crippen LogP contribution >= 0.6 is 0 Å². The van der Waals surface area contributed by atoms with Gasteiger partial charge in [0.05, 0.1) is 34.1 Å². The Morgan fingerprint density at radius 2 is 2.03 bits per heavy atom. The summed E-state index contributed by atoms with van der Waals surface area (Å²) in [6, 6.07) is 8.28. The highest BCUT2D eigenvalue weighted by Gasteiger charge is 2.27. The van der Waals surface area contributed by atoms with E-state index in [1.165, 1.54) is 12.5 Å². The first kappa shape index (κ1) is 24.3. The Labute approximate surface area is 212 Å². The van der Waals surface area contributed by atoms with E-state index in [1.807, 2.05) is 20.8 Å². The molecule has 0 saturated heterocycles. The third-order valence-corrected chi connectivity index (χ3v) is 6.92. The first-order chi connectivity index (χ1) is 17.5. The van der Waals surface area contributed by atoms with Crippen LogP contribution in [0, 0.1) is 6.92 Å². The molecule has 5 rings (SSSR count). The number of amidine groups is 1. The van der Waals surface area contributed by atoms with Crippen LogP contribution in [0.2, 0.25) is 0 Å². The van der Waals surface area contributed by atoms with Crippen molar-refractivity contribution in [2.75, 3.05) is 6.61 Å². The summed E-state index contributed by atoms with van der Waals surface area (Å²) in [6.45, 7) is 5.58. The number of amides is 1. The Kier molecular flexibility index (Phi) is 5.86. The molecule has 0 unspecified atom stereocenters. The van der Waals surface area contributed by atoms with E-state index >= 15 is 0 Å². The van der Waals surface area contributed by atoms with Crippen molar-refractivity contribution >= 4 is 32.8 Å². The monoisotopic (exact) mass is 520 g/mol. The molecule has 3 N–H and O–H groups in total. The Balaban J connectivity index is 1.32. The highest BCUT2D eigenvalue weighted by molar-refractivity contribution is 7.89. The summed E-state index contributed by atoms with van der Waals surface area (Å²) < 4.78 is 35.0. The number of rotatable bonds is 6. The molecule has 13 heteroatoms. The van der Waals surface area contributed by atoms with Crippen LogP contribution in [-0.2, 0) is 15.8 Å². The molecule has 12 nitrogen and oxygen atoms in total. The molecular weight excluding hydrogens is 496 g/mol. The second-order valence-electron chi connectivity index (χ2n) is 9.28. The van der Waals surface area contributed by atoms with Gasteiger partial charge in [-0.25, -0.2) is 23.4 Å². The zero-order valence-corrected chi connectivity index (χ0v) is 21.2. The van der Waals surface area contributed by atoms with Gasteiger partial charge in [0.25, 0.3) is 15.9 Å². The summed E-state index contributed by atoms with van der Waals surface area (Å²) in [5.74, 6) is 0.138. The second-order valence-corrected chi connectivity index (χ2v) is 10.9. The van der Waals surface area contributed by atoms with Gasteiger partial charge in [-0.3, -0.25) is 4.79 Å². The molecule has 1 aliphatic heterocycles. The summed E-state index contributed by atoms with van der Waals surface area (Å²) >= 11 is 0. The third kappa shape index (κ3) is 4.85. The number of pyridine rings is 1. The summed E-state index contributed by atoms with van der Waals surface area (Å²) in [7, 11) is -3.65. The van der Waals surface area contributed by atoms with E-state index in [9.17, 15) is 13.2 Å². The van der Waals surface area contributed by atoms with Crippen LogP contribution < -0.4 is 15.8 Å². The van der Waals surface area contributed by atoms with Gasteiger partial charge in [0.1, 0.15) is 24.5 Å². The first-order valence-corrected chi connectivity index (χ1v) is 12.9. The molecule has 37 heavy (non-hydrogen) atoms. The lowest BCUT2D eigenvalue weighted by Crippen LogP contribution is -2.48. The maximum atomic E-state index is 13.1. The highest BCUT2D eigenvalue weighted by atomic mass is 32.2. The Morgan fingerprint density at radius 3 is 2.84 bits per heavy atom. The molecule has 4 aromatic rings. The number of nitrogens with zero attached hydrogens (tertiary/aromatic N) is 6. The molecule has 0 spiro atoms. The fraction of sp³-hybridized carbons (Fsp3) is 0.250. The minimum atomic E-state index is -3.65. The first-order valence-electron chi connectivity index (χ1n) is 11.3. The van der Waals surface area contributed by atoms with Crippen LogP contribution in [0.15, 0.2) is 53.5 Å². The van der Waals surface area contributed by atoms with Crippen molar-refractivity contribution in [1.29, 1.82) is 0 Å². The molecule has 4 heterocycles. The third-order valence-electron chi connectivity index (χ3n) is 5.77. The van der Waals surface area contributed by atoms with Crippen molar-refractivity contribution in [2.45, 2.75) is 32.1 Å². The maximum absolute atomic E-state index is 13.1. The molecule has 0 bridgehead atoms. The fourth-order valence-electron chi connectivity index (χ4n) is 4.01. The van der Waals surface area contributed by atoms with Gasteiger partial charge < -0.3 is 15.8 Å². The zero-order chi connectivity index (χ0) is 26.4. The van der Waals surface area contributed by atoms with Crippen LogP contribution in [0.25, 0.3) is 16.9 Å². The van der Waals surface area contributed by atoms with Gasteiger partial charge in [0.15, 0.2) is 11.5 Å². The van der Waals surface area contributed by atoms with Gasteiger partial charge in [-0.05, 0) is 44.5 Å². The molecule has 0 atom stereocenters. The SMILES string of the molecule is Cc1ncnc2c1cnn2-c1cc(C(=O)NC(C)(C)COc2cccc3c2C(N)=NS(=O)(=O)C3)ccn1. The average Bonchev–Trinajstić information content (AvgIpc) is 3.27. The van der Waals surface area contributed by atoms with Crippen molar-refractivity contribution < 1.29 is 17.9 Å². The molecule has 1 aromatic carbocycles. The van der Waals surface area contributed by atoms with E-state index in [4.69, 9.17) is 10.5 Å². The molecule has 0 radical (unpaired) electrons. The highest BCUT2D eigenvalue weighted by Crippen LogP contribution is 2.28. The molecular formula is C24H24N8O4S. The number of hydrogen-bond donors (Lipinski definition) is 2. The van der Waals surface area contributed by atoms with Crippen LogP contribution in [-0.4, -0.2) is 57.0 Å². The van der Waals surface area contributed by atoms with Crippen molar-refractivity contribution in [2.24, 2.45) is 10.1 Å². The topological polar surface area (TPSA) is 167 Å². The largest absolute Gasteiger partial charge is 0.490 e. The van der Waals surface area contributed by atoms with E-state index < -0.39 is 15.6 Å². The Bertz CT molecular complexity index is 1680. The van der Waals surface area contributed by atoms with Gasteiger partial charge in [-0.1, -0.05) is 12.1 Å². The van der Waals surface area contributed by atoms with Crippen LogP contribution in [0.4, 0.5) is 0 Å². The summed E-state index contributed by atoms with van der Waals surface area (Å²) in [6.07, 6.45) is 4.65. The summed E-state index contributed by atoms with van der Waals surface area (Å²) in [5, 5.41) is 8.11. The lowest BCUT2D eigenvalue weighted by molar-refractivity contribution is 0.0880. The number of aromatic nitrogens is 5. The van der Waals surface area contributed by atoms with Gasteiger partial charge in [0.2, 0.25) is 0 Å². The van der Waals surface area contributed by atoms with Crippen LogP contribution in [0.5, 0.6) is 5.75 Å². The number of aryl methyl sites for hydroxylation is 1. The van der Waals surface area contributed by atoms with Crippen molar-refractivity contribution in [3.8, 4) is 11.6 Å². The number of benzene rings is 1. The van der Waals surface area contributed by atoms with Gasteiger partial charge in [-0.15, -0.1) is 4.40 Å². The summed E-state index contributed by atoms with van der Waals surface area (Å²) in [4.78, 5) is 25.9. The van der Waals surface area contributed by atoms with E-state index in [0.717, 1.165) is 11.1 Å². The number of sulfonamides is 1. The summed E-state index contributed by atoms with van der Waals surface area (Å²) in [5.41, 5.74) is 7.85. The Hall–Kier alpha value is -4.39. The van der Waals surface area contributed by atoms with Crippen LogP contribution in [0.3, 0.4) is 0 Å². The van der Waals surface area contributed by atoms with Crippen LogP contribution in [0.1, 0.15) is 41.0 Å². The van der Waals surface area contributed by atoms with Gasteiger partial charge in [-0.2, -0.15) is 9.78 Å². The standard InChI is InChI=1S/C24H24N8O4S/c1-14-17-10-29-32(22(17)28-13-27-14)19-9-15(7-8-26-19)23(33)30-24(2,3)12-36-18-6-4-5-16-11-37(34,35)31-21(25)20(16)18/h4-10,13H,11-12H2,1-3H3,(H2,25,31)(H,30,33). The smallest absolute Gasteiger partial charge is 0.259 e. The molecule has 1 amide bonds. The van der Waals surface area contributed by atoms with E-state index in [0.29, 0.717) is 33.9 Å². The second kappa shape index (κ2) is 8.92. The number of hydrogen-bond acceptors (Lipinski definition) is 9. The van der Waals surface area contributed by atoms with Crippen molar-refractivity contribution in [3.63, 3.8) is 0 Å². The molecule has 1 aliphatic rings. The zero-order valence-electron chi connectivity index (χ0n) is 20.3. The van der Waals surface area contributed by atoms with E-state index in [-0.39, 0.29) is 24.1 Å². The normalized spacial score (nSPS) is 14.6. The minimum Gasteiger partial charge on any atom is -0.490 e. The fourth-order valence-corrected chi connectivity index (χ4v) is 5.10. The van der Waals surface area contributed by atoms with Crippen molar-refractivity contribution in [1.82, 2.24) is 30.0 Å². The predicted octanol–water partition coefficient (Wildman–Crippen LogP) is 1.66. The van der Waals surface area contributed by atoms with E-state index in [2.05, 4.69) is 29.8 Å². The van der Waals surface area contributed by atoms with Crippen molar-refractivity contribution in [3.05, 3.63) is 71.4 Å². The van der Waals surface area contributed by atoms with Gasteiger partial charge >= 0.3 is 0 Å².